The van der Waals surface area contributed by atoms with Crippen LogP contribution in [0.15, 0.2) is 45.3 Å². The molecule has 0 saturated heterocycles. The van der Waals surface area contributed by atoms with Gasteiger partial charge in [0.05, 0.1) is 0 Å². The van der Waals surface area contributed by atoms with Crippen molar-refractivity contribution in [1.82, 2.24) is 0 Å². The number of ketones is 2. The number of benzene rings is 2. The molecular weight excluding hydrogens is 360 g/mol. The zero-order valence-electron chi connectivity index (χ0n) is 9.04. The highest BCUT2D eigenvalue weighted by Crippen LogP contribution is 2.34. The van der Waals surface area contributed by atoms with Crippen molar-refractivity contribution in [1.29, 1.82) is 0 Å². The van der Waals surface area contributed by atoms with Crippen LogP contribution >= 0.6 is 31.9 Å². The Balaban J connectivity index is 2.40. The molecule has 0 spiro atoms. The first kappa shape index (κ1) is 11.8. The van der Waals surface area contributed by atoms with Crippen molar-refractivity contribution >= 4 is 43.4 Å². The van der Waals surface area contributed by atoms with Gasteiger partial charge in [-0.15, -0.1) is 0 Å². The molecule has 4 heteroatoms. The molecule has 88 valence electrons. The van der Waals surface area contributed by atoms with Crippen LogP contribution in [-0.2, 0) is 0 Å². The third-order valence-electron chi connectivity index (χ3n) is 2.97. The lowest BCUT2D eigenvalue weighted by Gasteiger charge is -2.19. The van der Waals surface area contributed by atoms with E-state index < -0.39 is 0 Å². The van der Waals surface area contributed by atoms with Crippen LogP contribution in [0.25, 0.3) is 0 Å². The molecular formula is C14H6Br2O2. The lowest BCUT2D eigenvalue weighted by atomic mass is 9.84. The van der Waals surface area contributed by atoms with Crippen LogP contribution < -0.4 is 0 Å². The third-order valence-corrected chi connectivity index (χ3v) is 4.29. The number of rotatable bonds is 0. The van der Waals surface area contributed by atoms with E-state index in [2.05, 4.69) is 31.9 Å². The number of halogens is 2. The number of carbonyl (C=O) groups is 2. The van der Waals surface area contributed by atoms with Gasteiger partial charge in [0, 0.05) is 31.2 Å². The van der Waals surface area contributed by atoms with E-state index in [-0.39, 0.29) is 11.6 Å². The monoisotopic (exact) mass is 364 g/mol. The van der Waals surface area contributed by atoms with Gasteiger partial charge in [-0.2, -0.15) is 0 Å². The van der Waals surface area contributed by atoms with Gasteiger partial charge in [-0.25, -0.2) is 0 Å². The maximum absolute atomic E-state index is 12.4. The second-order valence-electron chi connectivity index (χ2n) is 3.98. The molecule has 1 aliphatic rings. The Bertz CT molecular complexity index is 643. The molecule has 1 aliphatic carbocycles. The minimum absolute atomic E-state index is 0.117. The summed E-state index contributed by atoms with van der Waals surface area (Å²) in [4.78, 5) is 24.8. The van der Waals surface area contributed by atoms with Crippen molar-refractivity contribution in [2.24, 2.45) is 0 Å². The Labute approximate surface area is 120 Å². The van der Waals surface area contributed by atoms with Gasteiger partial charge in [0.25, 0.3) is 0 Å². The molecule has 0 amide bonds. The fourth-order valence-corrected chi connectivity index (χ4v) is 3.25. The molecule has 0 aromatic heterocycles. The molecule has 3 rings (SSSR count). The maximum Gasteiger partial charge on any atom is 0.195 e. The van der Waals surface area contributed by atoms with Crippen LogP contribution in [0.4, 0.5) is 0 Å². The minimum atomic E-state index is -0.117. The van der Waals surface area contributed by atoms with Crippen LogP contribution in [0.5, 0.6) is 0 Å². The molecule has 18 heavy (non-hydrogen) atoms. The predicted molar refractivity (Wildman–Crippen MR) is 75.1 cm³/mol. The predicted octanol–water partition coefficient (Wildman–Crippen LogP) is 3.99. The first-order chi connectivity index (χ1) is 8.61. The quantitative estimate of drug-likeness (QED) is 0.603. The molecule has 0 N–H and O–H groups in total. The third kappa shape index (κ3) is 1.52. The molecule has 0 bridgehead atoms. The molecule has 2 nitrogen and oxygen atoms in total. The Morgan fingerprint density at radius 2 is 1.06 bits per heavy atom. The van der Waals surface area contributed by atoms with Crippen LogP contribution in [0.3, 0.4) is 0 Å². The van der Waals surface area contributed by atoms with E-state index in [0.717, 1.165) is 0 Å². The van der Waals surface area contributed by atoms with Crippen molar-refractivity contribution < 1.29 is 9.59 Å². The van der Waals surface area contributed by atoms with E-state index in [4.69, 9.17) is 0 Å². The van der Waals surface area contributed by atoms with Crippen LogP contribution in [-0.4, -0.2) is 11.6 Å². The zero-order valence-corrected chi connectivity index (χ0v) is 12.2. The van der Waals surface area contributed by atoms with E-state index in [1.54, 1.807) is 36.4 Å². The second kappa shape index (κ2) is 4.14. The van der Waals surface area contributed by atoms with Crippen LogP contribution in [0.1, 0.15) is 31.8 Å². The van der Waals surface area contributed by atoms with Gasteiger partial charge in [-0.3, -0.25) is 9.59 Å². The normalized spacial score (nSPS) is 13.2. The van der Waals surface area contributed by atoms with E-state index >= 15 is 0 Å². The molecule has 0 fully saturated rings. The van der Waals surface area contributed by atoms with Crippen LogP contribution in [0.2, 0.25) is 0 Å². The molecule has 0 saturated carbocycles. The largest absolute Gasteiger partial charge is 0.289 e. The van der Waals surface area contributed by atoms with Crippen LogP contribution in [0, 0.1) is 0 Å². The van der Waals surface area contributed by atoms with Crippen molar-refractivity contribution in [2.45, 2.75) is 0 Å². The van der Waals surface area contributed by atoms with Gasteiger partial charge in [0.1, 0.15) is 0 Å². The Hall–Kier alpha value is -1.26. The molecule has 0 atom stereocenters. The van der Waals surface area contributed by atoms with Crippen molar-refractivity contribution in [3.8, 4) is 0 Å². The molecule has 0 unspecified atom stereocenters. The van der Waals surface area contributed by atoms with Gasteiger partial charge in [-0.05, 0) is 12.1 Å². The summed E-state index contributed by atoms with van der Waals surface area (Å²) >= 11 is 6.67. The van der Waals surface area contributed by atoms with E-state index in [9.17, 15) is 9.59 Å². The standard InChI is InChI=1S/C14H6Br2O2/c15-9-5-1-3-7-11(9)14(18)8-4-2-6-10(16)12(8)13(7)17/h1-6H. The summed E-state index contributed by atoms with van der Waals surface area (Å²) in [5, 5.41) is 0. The summed E-state index contributed by atoms with van der Waals surface area (Å²) < 4.78 is 1.31. The summed E-state index contributed by atoms with van der Waals surface area (Å²) in [7, 11) is 0. The lowest BCUT2D eigenvalue weighted by Crippen LogP contribution is -2.21. The molecule has 2 aromatic carbocycles. The number of hydrogen-bond donors (Lipinski definition) is 0. The Morgan fingerprint density at radius 1 is 0.667 bits per heavy atom. The summed E-state index contributed by atoms with van der Waals surface area (Å²) in [5.41, 5.74) is 1.81. The number of fused-ring (bicyclic) bond motifs is 2. The van der Waals surface area contributed by atoms with Gasteiger partial charge in [-0.1, -0.05) is 56.1 Å². The minimum Gasteiger partial charge on any atom is -0.289 e. The summed E-state index contributed by atoms with van der Waals surface area (Å²) in [6.07, 6.45) is 0. The average molecular weight is 366 g/mol. The first-order valence-electron chi connectivity index (χ1n) is 5.27. The average Bonchev–Trinajstić information content (AvgIpc) is 2.35. The fourth-order valence-electron chi connectivity index (χ4n) is 2.16. The number of carbonyl (C=O) groups excluding carboxylic acids is 2. The molecule has 0 aliphatic heterocycles. The lowest BCUT2D eigenvalue weighted by molar-refractivity contribution is 0.0978. The van der Waals surface area contributed by atoms with Gasteiger partial charge in [0.2, 0.25) is 0 Å². The van der Waals surface area contributed by atoms with E-state index in [1.807, 2.05) is 0 Å². The highest BCUT2D eigenvalue weighted by Gasteiger charge is 2.32. The number of hydrogen-bond acceptors (Lipinski definition) is 2. The molecule has 0 heterocycles. The summed E-state index contributed by atoms with van der Waals surface area (Å²) in [6.45, 7) is 0. The molecule has 2 aromatic rings. The topological polar surface area (TPSA) is 34.1 Å². The fraction of sp³-hybridized carbons (Fsp3) is 0. The highest BCUT2D eigenvalue weighted by molar-refractivity contribution is 9.10. The Kier molecular flexibility index (Phi) is 2.72. The SMILES string of the molecule is O=C1c2cccc(Br)c2C(=O)c2cccc(Br)c21. The second-order valence-corrected chi connectivity index (χ2v) is 5.69. The van der Waals surface area contributed by atoms with Gasteiger partial charge < -0.3 is 0 Å². The summed E-state index contributed by atoms with van der Waals surface area (Å²) in [5.74, 6) is -0.234. The maximum atomic E-state index is 12.4. The van der Waals surface area contributed by atoms with Gasteiger partial charge in [0.15, 0.2) is 11.6 Å². The van der Waals surface area contributed by atoms with Crippen molar-refractivity contribution in [3.05, 3.63) is 67.6 Å². The van der Waals surface area contributed by atoms with E-state index in [0.29, 0.717) is 31.2 Å². The first-order valence-corrected chi connectivity index (χ1v) is 6.86. The zero-order chi connectivity index (χ0) is 12.9. The van der Waals surface area contributed by atoms with Crippen molar-refractivity contribution in [2.75, 3.05) is 0 Å². The molecule has 0 radical (unpaired) electrons. The Morgan fingerprint density at radius 3 is 1.44 bits per heavy atom. The smallest absolute Gasteiger partial charge is 0.195 e. The van der Waals surface area contributed by atoms with Crippen molar-refractivity contribution in [3.63, 3.8) is 0 Å². The van der Waals surface area contributed by atoms with E-state index in [1.165, 1.54) is 0 Å². The van der Waals surface area contributed by atoms with Gasteiger partial charge >= 0.3 is 0 Å². The summed E-state index contributed by atoms with van der Waals surface area (Å²) in [6, 6.07) is 10.4. The highest BCUT2D eigenvalue weighted by atomic mass is 79.9.